The highest BCUT2D eigenvalue weighted by Crippen LogP contribution is 2.38. The topological polar surface area (TPSA) is 103 Å². The van der Waals surface area contributed by atoms with Crippen molar-refractivity contribution in [1.82, 2.24) is 5.32 Å². The van der Waals surface area contributed by atoms with Crippen LogP contribution < -0.4 is 28.6 Å². The lowest BCUT2D eigenvalue weighted by Crippen LogP contribution is -2.40. The summed E-state index contributed by atoms with van der Waals surface area (Å²) in [6.45, 7) is -0.472. The van der Waals surface area contributed by atoms with Crippen molar-refractivity contribution in [2.45, 2.75) is 11.4 Å². The van der Waals surface area contributed by atoms with Gasteiger partial charge in [0.15, 0.2) is 11.5 Å². The van der Waals surface area contributed by atoms with E-state index in [9.17, 15) is 17.6 Å². The van der Waals surface area contributed by atoms with Gasteiger partial charge in [0.2, 0.25) is 11.7 Å². The van der Waals surface area contributed by atoms with Crippen LogP contribution in [-0.4, -0.2) is 49.3 Å². The molecule has 0 aliphatic carbocycles. The van der Waals surface area contributed by atoms with Crippen molar-refractivity contribution in [3.05, 3.63) is 72.0 Å². The summed E-state index contributed by atoms with van der Waals surface area (Å²) in [6, 6.07) is 13.9. The van der Waals surface area contributed by atoms with E-state index >= 15 is 0 Å². The third-order valence-corrected chi connectivity index (χ3v) is 7.05. The summed E-state index contributed by atoms with van der Waals surface area (Å²) in [7, 11) is 1.74. The van der Waals surface area contributed by atoms with Crippen molar-refractivity contribution < 1.29 is 36.6 Å². The molecule has 36 heavy (non-hydrogen) atoms. The van der Waals surface area contributed by atoms with Gasteiger partial charge >= 0.3 is 0 Å². The Hall–Kier alpha value is -3.99. The summed E-state index contributed by atoms with van der Waals surface area (Å²) in [5, 5.41) is 2.70. The maximum absolute atomic E-state index is 13.5. The molecule has 192 valence electrons. The Morgan fingerprint density at radius 3 is 1.94 bits per heavy atom. The van der Waals surface area contributed by atoms with E-state index in [0.717, 1.165) is 16.4 Å². The molecule has 3 aromatic carbocycles. The van der Waals surface area contributed by atoms with Gasteiger partial charge in [0.05, 0.1) is 39.0 Å². The fraction of sp³-hybridized carbons (Fsp3) is 0.240. The van der Waals surface area contributed by atoms with Gasteiger partial charge in [0, 0.05) is 6.54 Å². The first-order valence-electron chi connectivity index (χ1n) is 10.7. The summed E-state index contributed by atoms with van der Waals surface area (Å²) < 4.78 is 62.3. The van der Waals surface area contributed by atoms with Crippen LogP contribution >= 0.6 is 0 Å². The third kappa shape index (κ3) is 5.98. The van der Waals surface area contributed by atoms with Gasteiger partial charge in [-0.3, -0.25) is 9.10 Å². The van der Waals surface area contributed by atoms with Crippen molar-refractivity contribution in [2.75, 3.05) is 39.3 Å². The molecule has 0 fully saturated rings. The molecular weight excluding hydrogens is 491 g/mol. The van der Waals surface area contributed by atoms with Gasteiger partial charge in [-0.1, -0.05) is 0 Å². The van der Waals surface area contributed by atoms with Crippen LogP contribution in [0, 0.1) is 5.82 Å². The zero-order valence-corrected chi connectivity index (χ0v) is 21.1. The Morgan fingerprint density at radius 2 is 1.44 bits per heavy atom. The van der Waals surface area contributed by atoms with E-state index < -0.39 is 28.3 Å². The van der Waals surface area contributed by atoms with Crippen LogP contribution in [0.1, 0.15) is 5.56 Å². The smallest absolute Gasteiger partial charge is 0.264 e. The lowest BCUT2D eigenvalue weighted by atomic mass is 10.1. The third-order valence-electron chi connectivity index (χ3n) is 5.26. The second kappa shape index (κ2) is 11.6. The lowest BCUT2D eigenvalue weighted by molar-refractivity contribution is -0.119. The number of carbonyl (C=O) groups excluding carboxylic acids is 1. The fourth-order valence-electron chi connectivity index (χ4n) is 3.42. The molecule has 3 aromatic rings. The van der Waals surface area contributed by atoms with E-state index in [2.05, 4.69) is 5.32 Å². The quantitative estimate of drug-likeness (QED) is 0.415. The first kappa shape index (κ1) is 26.6. The first-order chi connectivity index (χ1) is 17.2. The number of amides is 1. The number of rotatable bonds is 11. The van der Waals surface area contributed by atoms with Crippen LogP contribution in [0.15, 0.2) is 65.6 Å². The van der Waals surface area contributed by atoms with Crippen molar-refractivity contribution in [3.63, 3.8) is 0 Å². The average Bonchev–Trinajstić information content (AvgIpc) is 2.90. The molecular formula is C25H27FN2O7S. The number of nitrogens with one attached hydrogen (secondary N) is 1. The normalized spacial score (nSPS) is 10.9. The van der Waals surface area contributed by atoms with Gasteiger partial charge in [-0.25, -0.2) is 12.8 Å². The molecule has 0 radical (unpaired) electrons. The van der Waals surface area contributed by atoms with E-state index in [0.29, 0.717) is 28.6 Å². The lowest BCUT2D eigenvalue weighted by Gasteiger charge is -2.24. The van der Waals surface area contributed by atoms with E-state index in [1.54, 1.807) is 12.1 Å². The van der Waals surface area contributed by atoms with Gasteiger partial charge in [0.25, 0.3) is 10.0 Å². The molecule has 0 aliphatic heterocycles. The van der Waals surface area contributed by atoms with Gasteiger partial charge in [-0.2, -0.15) is 0 Å². The molecule has 0 heterocycles. The second-order valence-corrected chi connectivity index (χ2v) is 9.34. The molecule has 0 spiro atoms. The molecule has 0 saturated heterocycles. The number of halogens is 1. The average molecular weight is 519 g/mol. The summed E-state index contributed by atoms with van der Waals surface area (Å²) in [4.78, 5) is 12.8. The molecule has 0 saturated carbocycles. The summed E-state index contributed by atoms with van der Waals surface area (Å²) in [5.74, 6) is 0.596. The Bertz CT molecular complexity index is 1270. The first-order valence-corrected chi connectivity index (χ1v) is 12.2. The molecule has 1 amide bonds. The van der Waals surface area contributed by atoms with E-state index in [-0.39, 0.29) is 17.1 Å². The van der Waals surface area contributed by atoms with Crippen molar-refractivity contribution in [3.8, 4) is 23.0 Å². The van der Waals surface area contributed by atoms with E-state index in [4.69, 9.17) is 18.9 Å². The van der Waals surface area contributed by atoms with Gasteiger partial charge in [-0.15, -0.1) is 0 Å². The van der Waals surface area contributed by atoms with E-state index in [1.807, 2.05) is 0 Å². The molecule has 0 atom stereocenters. The highest BCUT2D eigenvalue weighted by molar-refractivity contribution is 7.92. The minimum Gasteiger partial charge on any atom is -0.497 e. The molecule has 3 rings (SSSR count). The van der Waals surface area contributed by atoms with Gasteiger partial charge in [-0.05, 0) is 66.2 Å². The summed E-state index contributed by atoms with van der Waals surface area (Å²) in [5.41, 5.74) is 0.777. The standard InChI is InChI=1S/C25H27FN2O7S/c1-32-20-9-11-21(12-10-20)36(30,31)28(19-7-5-18(26)6-8-19)16-24(29)27-15-17-13-22(33-2)25(35-4)23(14-17)34-3/h5-14H,15-16H2,1-4H3,(H,27,29). The number of sulfonamides is 1. The van der Waals surface area contributed by atoms with Crippen LogP contribution in [0.4, 0.5) is 10.1 Å². The van der Waals surface area contributed by atoms with Crippen molar-refractivity contribution >= 4 is 21.6 Å². The Labute approximate surface area is 209 Å². The second-order valence-electron chi connectivity index (χ2n) is 7.47. The number of benzene rings is 3. The maximum Gasteiger partial charge on any atom is 0.264 e. The monoisotopic (exact) mass is 518 g/mol. The number of ether oxygens (including phenoxy) is 4. The molecule has 0 aliphatic rings. The largest absolute Gasteiger partial charge is 0.497 e. The number of hydrogen-bond donors (Lipinski definition) is 1. The number of carbonyl (C=O) groups is 1. The van der Waals surface area contributed by atoms with Crippen LogP contribution in [0.25, 0.3) is 0 Å². The molecule has 11 heteroatoms. The Balaban J connectivity index is 1.85. The Kier molecular flexibility index (Phi) is 8.59. The van der Waals surface area contributed by atoms with Crippen LogP contribution in [0.3, 0.4) is 0 Å². The number of hydrogen-bond acceptors (Lipinski definition) is 7. The predicted octanol–water partition coefficient (Wildman–Crippen LogP) is 3.37. The minimum atomic E-state index is -4.16. The predicted molar refractivity (Wildman–Crippen MR) is 132 cm³/mol. The fourth-order valence-corrected chi connectivity index (χ4v) is 4.84. The molecule has 0 bridgehead atoms. The van der Waals surface area contributed by atoms with E-state index in [1.165, 1.54) is 64.8 Å². The van der Waals surface area contributed by atoms with Crippen LogP contribution in [0.2, 0.25) is 0 Å². The highest BCUT2D eigenvalue weighted by atomic mass is 32.2. The zero-order valence-electron chi connectivity index (χ0n) is 20.3. The zero-order chi connectivity index (χ0) is 26.3. The van der Waals surface area contributed by atoms with Crippen LogP contribution in [0.5, 0.6) is 23.0 Å². The SMILES string of the molecule is COc1ccc(S(=O)(=O)N(CC(=O)NCc2cc(OC)c(OC)c(OC)c2)c2ccc(F)cc2)cc1. The van der Waals surface area contributed by atoms with Gasteiger partial charge < -0.3 is 24.3 Å². The summed E-state index contributed by atoms with van der Waals surface area (Å²) in [6.07, 6.45) is 0. The minimum absolute atomic E-state index is 0.0509. The van der Waals surface area contributed by atoms with Gasteiger partial charge in [0.1, 0.15) is 18.1 Å². The molecule has 0 aromatic heterocycles. The van der Waals surface area contributed by atoms with Crippen molar-refractivity contribution in [1.29, 1.82) is 0 Å². The summed E-state index contributed by atoms with van der Waals surface area (Å²) >= 11 is 0. The number of anilines is 1. The Morgan fingerprint density at radius 1 is 0.861 bits per heavy atom. The van der Waals surface area contributed by atoms with Crippen LogP contribution in [-0.2, 0) is 21.4 Å². The number of methoxy groups -OCH3 is 4. The highest BCUT2D eigenvalue weighted by Gasteiger charge is 2.27. The molecule has 1 N–H and O–H groups in total. The maximum atomic E-state index is 13.5. The number of nitrogens with zero attached hydrogens (tertiary/aromatic N) is 1. The molecule has 9 nitrogen and oxygen atoms in total. The molecule has 0 unspecified atom stereocenters. The van der Waals surface area contributed by atoms with Crippen molar-refractivity contribution in [2.24, 2.45) is 0 Å².